The standard InChI is InChI=1S/C8H3Cl3N4O/c9-8(10,11)6-7(2-13,3-14)4(1-12)5(15)16-6/h6H,15H2. The number of alkyl halides is 3. The molecule has 1 rings (SSSR count). The number of nitrogens with zero attached hydrogens (tertiary/aromatic N) is 3. The molecule has 1 aliphatic rings. The lowest BCUT2D eigenvalue weighted by Gasteiger charge is -2.26. The fourth-order valence-corrected chi connectivity index (χ4v) is 1.93. The number of hydrogen-bond acceptors (Lipinski definition) is 5. The molecule has 0 aromatic carbocycles. The van der Waals surface area contributed by atoms with Crippen molar-refractivity contribution in [2.75, 3.05) is 0 Å². The first-order valence-corrected chi connectivity index (χ1v) is 4.93. The number of nitrogens with two attached hydrogens (primary N) is 1. The van der Waals surface area contributed by atoms with E-state index in [4.69, 9.17) is 61.1 Å². The Bertz CT molecular complexity index is 459. The predicted octanol–water partition coefficient (Wildman–Crippen LogP) is 1.48. The van der Waals surface area contributed by atoms with Crippen molar-refractivity contribution in [3.8, 4) is 18.2 Å². The average molecular weight is 277 g/mol. The maximum Gasteiger partial charge on any atom is 0.229 e. The van der Waals surface area contributed by atoms with Crippen molar-refractivity contribution in [1.29, 1.82) is 15.8 Å². The van der Waals surface area contributed by atoms with Gasteiger partial charge in [0.2, 0.25) is 15.1 Å². The molecule has 0 aromatic heterocycles. The van der Waals surface area contributed by atoms with E-state index in [9.17, 15) is 0 Å². The lowest BCUT2D eigenvalue weighted by molar-refractivity contribution is 0.108. The third-order valence-electron chi connectivity index (χ3n) is 2.04. The third kappa shape index (κ3) is 1.62. The van der Waals surface area contributed by atoms with E-state index in [1.165, 1.54) is 0 Å². The zero-order chi connectivity index (χ0) is 12.6. The fraction of sp³-hybridized carbons (Fsp3) is 0.375. The molecule has 2 N–H and O–H groups in total. The van der Waals surface area contributed by atoms with Gasteiger partial charge < -0.3 is 10.5 Å². The molecular weight excluding hydrogens is 274 g/mol. The van der Waals surface area contributed by atoms with Gasteiger partial charge in [-0.2, -0.15) is 15.8 Å². The van der Waals surface area contributed by atoms with Gasteiger partial charge in [0.15, 0.2) is 6.10 Å². The summed E-state index contributed by atoms with van der Waals surface area (Å²) >= 11 is 16.7. The third-order valence-corrected chi connectivity index (χ3v) is 2.64. The Balaban J connectivity index is 3.42. The van der Waals surface area contributed by atoms with Crippen molar-refractivity contribution in [3.63, 3.8) is 0 Å². The van der Waals surface area contributed by atoms with Crippen LogP contribution in [0.1, 0.15) is 0 Å². The molecule has 0 aliphatic carbocycles. The summed E-state index contributed by atoms with van der Waals surface area (Å²) in [7, 11) is 0. The van der Waals surface area contributed by atoms with Gasteiger partial charge in [-0.1, -0.05) is 34.8 Å². The molecule has 1 aliphatic heterocycles. The van der Waals surface area contributed by atoms with Gasteiger partial charge in [0.25, 0.3) is 0 Å². The Morgan fingerprint density at radius 2 is 1.75 bits per heavy atom. The molecule has 0 bridgehead atoms. The summed E-state index contributed by atoms with van der Waals surface area (Å²) in [6.07, 6.45) is -1.44. The SMILES string of the molecule is N#CC1=C(N)OC(C(Cl)(Cl)Cl)C1(C#N)C#N. The topological polar surface area (TPSA) is 107 Å². The van der Waals surface area contributed by atoms with Crippen LogP contribution in [0.25, 0.3) is 0 Å². The summed E-state index contributed by atoms with van der Waals surface area (Å²) in [5.74, 6) is -0.373. The van der Waals surface area contributed by atoms with Crippen molar-refractivity contribution in [3.05, 3.63) is 11.5 Å². The number of ether oxygens (including phenoxy) is 1. The Kier molecular flexibility index (Phi) is 3.13. The van der Waals surface area contributed by atoms with E-state index in [0.29, 0.717) is 0 Å². The fourth-order valence-electron chi connectivity index (χ4n) is 1.31. The number of rotatable bonds is 0. The Morgan fingerprint density at radius 1 is 1.25 bits per heavy atom. The van der Waals surface area contributed by atoms with Crippen molar-refractivity contribution in [1.82, 2.24) is 0 Å². The molecule has 1 heterocycles. The molecule has 82 valence electrons. The lowest BCUT2D eigenvalue weighted by Crippen LogP contribution is -2.40. The van der Waals surface area contributed by atoms with E-state index in [1.54, 1.807) is 18.2 Å². The van der Waals surface area contributed by atoms with Gasteiger partial charge in [0.05, 0.1) is 12.1 Å². The quantitative estimate of drug-likeness (QED) is 0.675. The maximum atomic E-state index is 9.00. The molecule has 1 atom stereocenters. The number of nitriles is 3. The van der Waals surface area contributed by atoms with E-state index in [-0.39, 0.29) is 11.5 Å². The van der Waals surface area contributed by atoms with Crippen LogP contribution in [-0.2, 0) is 4.74 Å². The van der Waals surface area contributed by atoms with Gasteiger partial charge in [-0.3, -0.25) is 0 Å². The molecule has 0 fully saturated rings. The van der Waals surface area contributed by atoms with E-state index in [2.05, 4.69) is 0 Å². The molecule has 0 spiro atoms. The van der Waals surface area contributed by atoms with Crippen molar-refractivity contribution >= 4 is 34.8 Å². The highest BCUT2D eigenvalue weighted by Gasteiger charge is 2.60. The number of hydrogen-bond donors (Lipinski definition) is 1. The van der Waals surface area contributed by atoms with Crippen LogP contribution in [-0.4, -0.2) is 9.90 Å². The second kappa shape index (κ2) is 3.92. The molecule has 5 nitrogen and oxygen atoms in total. The van der Waals surface area contributed by atoms with Gasteiger partial charge >= 0.3 is 0 Å². The van der Waals surface area contributed by atoms with Crippen LogP contribution in [0.15, 0.2) is 11.5 Å². The van der Waals surface area contributed by atoms with E-state index in [1.807, 2.05) is 0 Å². The lowest BCUT2D eigenvalue weighted by atomic mass is 9.80. The van der Waals surface area contributed by atoms with Gasteiger partial charge in [-0.05, 0) is 0 Å². The molecule has 0 saturated heterocycles. The van der Waals surface area contributed by atoms with E-state index < -0.39 is 15.3 Å². The van der Waals surface area contributed by atoms with Crippen LogP contribution in [0, 0.1) is 39.4 Å². The summed E-state index contributed by atoms with van der Waals surface area (Å²) in [5, 5.41) is 26.8. The van der Waals surface area contributed by atoms with Gasteiger partial charge in [0, 0.05) is 0 Å². The van der Waals surface area contributed by atoms with Crippen LogP contribution >= 0.6 is 34.8 Å². The smallest absolute Gasteiger partial charge is 0.229 e. The van der Waals surface area contributed by atoms with Crippen LogP contribution < -0.4 is 5.73 Å². The maximum absolute atomic E-state index is 9.00. The minimum absolute atomic E-state index is 0.339. The largest absolute Gasteiger partial charge is 0.467 e. The van der Waals surface area contributed by atoms with Gasteiger partial charge in [-0.15, -0.1) is 0 Å². The molecule has 0 radical (unpaired) electrons. The van der Waals surface area contributed by atoms with Crippen LogP contribution in [0.5, 0.6) is 0 Å². The Labute approximate surface area is 106 Å². The summed E-state index contributed by atoms with van der Waals surface area (Å²) < 4.78 is 2.87. The summed E-state index contributed by atoms with van der Waals surface area (Å²) in [4.78, 5) is 0. The second-order valence-corrected chi connectivity index (χ2v) is 5.29. The minimum Gasteiger partial charge on any atom is -0.467 e. The highest BCUT2D eigenvalue weighted by molar-refractivity contribution is 6.68. The number of halogens is 3. The van der Waals surface area contributed by atoms with E-state index >= 15 is 0 Å². The molecule has 0 saturated carbocycles. The minimum atomic E-state index is -2.05. The van der Waals surface area contributed by atoms with Crippen molar-refractivity contribution in [2.24, 2.45) is 11.1 Å². The molecule has 16 heavy (non-hydrogen) atoms. The zero-order valence-electron chi connectivity index (χ0n) is 7.54. The first kappa shape index (κ1) is 12.7. The van der Waals surface area contributed by atoms with Crippen molar-refractivity contribution in [2.45, 2.75) is 9.90 Å². The van der Waals surface area contributed by atoms with Crippen LogP contribution in [0.3, 0.4) is 0 Å². The molecule has 0 amide bonds. The molecule has 8 heteroatoms. The highest BCUT2D eigenvalue weighted by Crippen LogP contribution is 2.49. The summed E-state index contributed by atoms with van der Waals surface area (Å²) in [5.41, 5.74) is 3.03. The van der Waals surface area contributed by atoms with Gasteiger partial charge in [-0.25, -0.2) is 0 Å². The van der Waals surface area contributed by atoms with Crippen molar-refractivity contribution < 1.29 is 4.74 Å². The first-order chi connectivity index (χ1) is 7.33. The first-order valence-electron chi connectivity index (χ1n) is 3.79. The second-order valence-electron chi connectivity index (χ2n) is 2.92. The van der Waals surface area contributed by atoms with Crippen LogP contribution in [0.4, 0.5) is 0 Å². The summed E-state index contributed by atoms with van der Waals surface area (Å²) in [6.45, 7) is 0. The van der Waals surface area contributed by atoms with E-state index in [0.717, 1.165) is 0 Å². The molecular formula is C8H3Cl3N4O. The predicted molar refractivity (Wildman–Crippen MR) is 55.6 cm³/mol. The van der Waals surface area contributed by atoms with Gasteiger partial charge in [0.1, 0.15) is 11.6 Å². The Hall–Kier alpha value is -1.32. The molecule has 0 aromatic rings. The Morgan fingerprint density at radius 3 is 2.06 bits per heavy atom. The monoisotopic (exact) mass is 276 g/mol. The van der Waals surface area contributed by atoms with Crippen LogP contribution in [0.2, 0.25) is 0 Å². The normalized spacial score (nSPS) is 22.9. The summed E-state index contributed by atoms with van der Waals surface area (Å²) in [6, 6.07) is 4.85. The zero-order valence-corrected chi connectivity index (χ0v) is 9.81. The highest BCUT2D eigenvalue weighted by atomic mass is 35.6. The average Bonchev–Trinajstić information content (AvgIpc) is 2.50. The molecule has 1 unspecified atom stereocenters.